The van der Waals surface area contributed by atoms with E-state index in [1.165, 1.54) is 6.33 Å². The fourth-order valence-corrected chi connectivity index (χ4v) is 2.96. The van der Waals surface area contributed by atoms with Crippen LogP contribution < -0.4 is 5.73 Å². The lowest BCUT2D eigenvalue weighted by Gasteiger charge is -2.36. The minimum Gasteiger partial charge on any atom is -0.417 e. The average Bonchev–Trinajstić information content (AvgIpc) is 2.82. The van der Waals surface area contributed by atoms with Crippen LogP contribution in [0.1, 0.15) is 32.9 Å². The molecule has 2 aromatic rings. The second-order valence-electron chi connectivity index (χ2n) is 7.00. The number of fused-ring (bicyclic) bond motifs is 1. The number of nitrogen functional groups attached to an aromatic ring is 1. The summed E-state index contributed by atoms with van der Waals surface area (Å²) in [7, 11) is -1.65. The summed E-state index contributed by atoms with van der Waals surface area (Å²) in [4.78, 5) is 3.99. The molecule has 2 aromatic heterocycles. The monoisotopic (exact) mass is 318 g/mol. The van der Waals surface area contributed by atoms with Crippen molar-refractivity contribution in [1.82, 2.24) is 14.6 Å². The Hall–Kier alpha value is -1.66. The first-order chi connectivity index (χ1) is 10.2. The average molecular weight is 318 g/mol. The van der Waals surface area contributed by atoms with Crippen LogP contribution in [0.3, 0.4) is 0 Å². The topological polar surface area (TPSA) is 65.4 Å². The summed E-state index contributed by atoms with van der Waals surface area (Å²) < 4.78 is 7.95. The van der Waals surface area contributed by atoms with Crippen LogP contribution in [0.25, 0.3) is 11.6 Å². The number of nitrogens with two attached hydrogens (primary N) is 1. The lowest BCUT2D eigenvalue weighted by atomic mass is 10.2. The van der Waals surface area contributed by atoms with Crippen molar-refractivity contribution in [2.24, 2.45) is 0 Å². The second kappa shape index (κ2) is 6.22. The van der Waals surface area contributed by atoms with Gasteiger partial charge in [0.15, 0.2) is 14.1 Å². The Balaban J connectivity index is 1.94. The highest BCUT2D eigenvalue weighted by Crippen LogP contribution is 2.36. The van der Waals surface area contributed by atoms with E-state index in [1.54, 1.807) is 4.52 Å². The van der Waals surface area contributed by atoms with Gasteiger partial charge in [-0.05, 0) is 42.8 Å². The Morgan fingerprint density at radius 1 is 1.32 bits per heavy atom. The van der Waals surface area contributed by atoms with Gasteiger partial charge in [0, 0.05) is 6.61 Å². The van der Waals surface area contributed by atoms with E-state index >= 15 is 0 Å². The van der Waals surface area contributed by atoms with Crippen LogP contribution in [0.4, 0.5) is 5.82 Å². The van der Waals surface area contributed by atoms with E-state index in [0.29, 0.717) is 5.82 Å². The van der Waals surface area contributed by atoms with Crippen LogP contribution in [0.5, 0.6) is 0 Å². The van der Waals surface area contributed by atoms with E-state index in [0.717, 1.165) is 24.2 Å². The molecule has 120 valence electrons. The molecule has 0 spiro atoms. The number of nitrogens with zero attached hydrogens (tertiary/aromatic N) is 3. The van der Waals surface area contributed by atoms with E-state index in [9.17, 15) is 0 Å². The van der Waals surface area contributed by atoms with Gasteiger partial charge in [-0.3, -0.25) is 0 Å². The number of hydrogen-bond acceptors (Lipinski definition) is 4. The molecule has 0 aliphatic heterocycles. The molecule has 2 N–H and O–H groups in total. The third-order valence-corrected chi connectivity index (χ3v) is 8.89. The maximum atomic E-state index is 6.16. The van der Waals surface area contributed by atoms with Crippen LogP contribution in [0, 0.1) is 0 Å². The molecule has 22 heavy (non-hydrogen) atoms. The molecule has 0 aliphatic rings. The smallest absolute Gasteiger partial charge is 0.191 e. The molecule has 0 aromatic carbocycles. The molecule has 5 nitrogen and oxygen atoms in total. The van der Waals surface area contributed by atoms with Gasteiger partial charge < -0.3 is 10.2 Å². The van der Waals surface area contributed by atoms with Crippen LogP contribution in [-0.4, -0.2) is 29.5 Å². The first-order valence-corrected chi connectivity index (χ1v) is 10.5. The first-order valence-electron chi connectivity index (χ1n) is 7.61. The maximum absolute atomic E-state index is 6.16. The Labute approximate surface area is 133 Å². The molecular weight excluding hydrogens is 292 g/mol. The lowest BCUT2D eigenvalue weighted by Crippen LogP contribution is -2.40. The predicted molar refractivity (Wildman–Crippen MR) is 94.2 cm³/mol. The fourth-order valence-electron chi connectivity index (χ4n) is 1.90. The third-order valence-electron chi connectivity index (χ3n) is 4.35. The minimum atomic E-state index is -1.65. The number of anilines is 1. The van der Waals surface area contributed by atoms with Crippen LogP contribution >= 0.6 is 0 Å². The molecule has 0 amide bonds. The molecule has 6 heteroatoms. The zero-order valence-corrected chi connectivity index (χ0v) is 15.1. The van der Waals surface area contributed by atoms with Gasteiger partial charge in [-0.2, -0.15) is 5.10 Å². The number of aromatic nitrogens is 3. The van der Waals surface area contributed by atoms with Crippen molar-refractivity contribution in [2.45, 2.75) is 45.3 Å². The van der Waals surface area contributed by atoms with Crippen molar-refractivity contribution >= 4 is 25.7 Å². The molecule has 2 rings (SSSR count). The molecule has 0 unspecified atom stereocenters. The predicted octanol–water partition coefficient (Wildman–Crippen LogP) is 3.74. The van der Waals surface area contributed by atoms with Crippen molar-refractivity contribution in [3.8, 4) is 0 Å². The summed E-state index contributed by atoms with van der Waals surface area (Å²) in [5.74, 6) is 0.496. The van der Waals surface area contributed by atoms with Crippen molar-refractivity contribution in [3.05, 3.63) is 30.2 Å². The van der Waals surface area contributed by atoms with Gasteiger partial charge in [-0.15, -0.1) is 0 Å². The second-order valence-corrected chi connectivity index (χ2v) is 11.8. The standard InChI is InChI=1S/C16H26N4OSi/c1-16(2,3)22(4,5)21-11-7-6-8-13-9-10-14-15(17)18-12-19-20(13)14/h6,8-10,12H,7,11H2,1-5H3,(H2,17,18,19)/b8-6+. The van der Waals surface area contributed by atoms with E-state index in [1.807, 2.05) is 12.1 Å². The Morgan fingerprint density at radius 3 is 2.73 bits per heavy atom. The molecule has 0 saturated heterocycles. The summed E-state index contributed by atoms with van der Waals surface area (Å²) in [5, 5.41) is 4.48. The van der Waals surface area contributed by atoms with Crippen molar-refractivity contribution < 1.29 is 4.43 Å². The maximum Gasteiger partial charge on any atom is 0.191 e. The van der Waals surface area contributed by atoms with Crippen LogP contribution in [-0.2, 0) is 4.43 Å². The van der Waals surface area contributed by atoms with Gasteiger partial charge in [-0.1, -0.05) is 26.8 Å². The Kier molecular flexibility index (Phi) is 4.72. The van der Waals surface area contributed by atoms with E-state index in [-0.39, 0.29) is 5.04 Å². The van der Waals surface area contributed by atoms with Crippen LogP contribution in [0.15, 0.2) is 24.5 Å². The van der Waals surface area contributed by atoms with Gasteiger partial charge in [0.25, 0.3) is 0 Å². The first kappa shape index (κ1) is 16.7. The number of hydrogen-bond donors (Lipinski definition) is 1. The highest BCUT2D eigenvalue weighted by atomic mass is 28.4. The summed E-state index contributed by atoms with van der Waals surface area (Å²) in [6, 6.07) is 3.92. The molecule has 0 fully saturated rings. The quantitative estimate of drug-likeness (QED) is 0.674. The molecule has 0 aliphatic carbocycles. The SMILES string of the molecule is CC(C)(C)[Si](C)(C)OCC/C=C/c1ccc2c(N)ncnn12. The molecular formula is C16H26N4OSi. The summed E-state index contributed by atoms with van der Waals surface area (Å²) in [6.45, 7) is 12.1. The Bertz CT molecular complexity index is 670. The molecule has 2 heterocycles. The van der Waals surface area contributed by atoms with E-state index in [2.05, 4.69) is 56.1 Å². The molecule has 0 bridgehead atoms. The highest BCUT2D eigenvalue weighted by molar-refractivity contribution is 6.74. The number of rotatable bonds is 5. The normalized spacial score (nSPS) is 13.3. The van der Waals surface area contributed by atoms with Gasteiger partial charge >= 0.3 is 0 Å². The third kappa shape index (κ3) is 3.56. The molecule has 0 saturated carbocycles. The van der Waals surface area contributed by atoms with Crippen LogP contribution in [0.2, 0.25) is 18.1 Å². The summed E-state index contributed by atoms with van der Waals surface area (Å²) in [5.41, 5.74) is 7.65. The molecule has 0 radical (unpaired) electrons. The van der Waals surface area contributed by atoms with E-state index in [4.69, 9.17) is 10.2 Å². The largest absolute Gasteiger partial charge is 0.417 e. The van der Waals surface area contributed by atoms with Gasteiger partial charge in [0.2, 0.25) is 0 Å². The zero-order valence-electron chi connectivity index (χ0n) is 14.1. The Morgan fingerprint density at radius 2 is 2.05 bits per heavy atom. The van der Waals surface area contributed by atoms with Gasteiger partial charge in [-0.25, -0.2) is 9.50 Å². The zero-order chi connectivity index (χ0) is 16.4. The summed E-state index contributed by atoms with van der Waals surface area (Å²) >= 11 is 0. The van der Waals surface area contributed by atoms with Gasteiger partial charge in [0.05, 0.1) is 5.69 Å². The molecule has 0 atom stereocenters. The lowest BCUT2D eigenvalue weighted by molar-refractivity contribution is 0.294. The van der Waals surface area contributed by atoms with E-state index < -0.39 is 8.32 Å². The van der Waals surface area contributed by atoms with Crippen molar-refractivity contribution in [3.63, 3.8) is 0 Å². The fraction of sp³-hybridized carbons (Fsp3) is 0.500. The minimum absolute atomic E-state index is 0.253. The highest BCUT2D eigenvalue weighted by Gasteiger charge is 2.36. The van der Waals surface area contributed by atoms with Gasteiger partial charge in [0.1, 0.15) is 11.8 Å². The summed E-state index contributed by atoms with van der Waals surface area (Å²) in [6.07, 6.45) is 6.53. The van der Waals surface area contributed by atoms with Crippen molar-refractivity contribution in [1.29, 1.82) is 0 Å². The van der Waals surface area contributed by atoms with Crippen molar-refractivity contribution in [2.75, 3.05) is 12.3 Å².